The molecule has 0 aliphatic rings. The molecule has 0 aliphatic carbocycles. The number of carbonyl (C=O) groups excluding carboxylic acids is 1. The molecule has 0 saturated heterocycles. The van der Waals surface area contributed by atoms with Gasteiger partial charge in [0.2, 0.25) is 0 Å². The van der Waals surface area contributed by atoms with Gasteiger partial charge in [0, 0.05) is 12.7 Å². The molecule has 0 spiro atoms. The Morgan fingerprint density at radius 2 is 1.94 bits per heavy atom. The molecule has 92 valence electrons. The monoisotopic (exact) mass is 368 g/mol. The average molecular weight is 370 g/mol. The lowest BCUT2D eigenvalue weighted by molar-refractivity contribution is 0.0950. The maximum absolute atomic E-state index is 11.9. The highest BCUT2D eigenvalue weighted by Gasteiger charge is 2.08. The van der Waals surface area contributed by atoms with Gasteiger partial charge in [-0.25, -0.2) is 4.98 Å². The molecule has 0 fully saturated rings. The molecule has 0 radical (unpaired) electrons. The molecule has 0 atom stereocenters. The summed E-state index contributed by atoms with van der Waals surface area (Å²) in [5.41, 5.74) is 1.59. The third-order valence-corrected chi connectivity index (χ3v) is 4.12. The second-order valence-electron chi connectivity index (χ2n) is 3.66. The number of pyridine rings is 1. The van der Waals surface area contributed by atoms with E-state index < -0.39 is 0 Å². The number of benzene rings is 1. The normalized spacial score (nSPS) is 10.1. The van der Waals surface area contributed by atoms with E-state index in [-0.39, 0.29) is 5.91 Å². The van der Waals surface area contributed by atoms with Crippen LogP contribution in [0.2, 0.25) is 0 Å². The van der Waals surface area contributed by atoms with E-state index in [0.717, 1.165) is 10.0 Å². The van der Waals surface area contributed by atoms with Crippen molar-refractivity contribution in [2.24, 2.45) is 0 Å². The molecule has 1 N–H and O–H groups in total. The Labute approximate surface area is 122 Å². The van der Waals surface area contributed by atoms with Crippen LogP contribution in [-0.2, 0) is 6.54 Å². The minimum Gasteiger partial charge on any atom is -0.348 e. The Morgan fingerprint density at radius 1 is 1.22 bits per heavy atom. The number of hydrogen-bond donors (Lipinski definition) is 1. The molecule has 1 amide bonds. The number of nitrogens with zero attached hydrogens (tertiary/aromatic N) is 1. The number of aromatic nitrogens is 1. The summed E-state index contributed by atoms with van der Waals surface area (Å²) in [6, 6.07) is 11.5. The molecular formula is C13H10Br2N2O. The molecule has 2 aromatic rings. The maximum Gasteiger partial charge on any atom is 0.253 e. The van der Waals surface area contributed by atoms with Crippen LogP contribution in [0.3, 0.4) is 0 Å². The van der Waals surface area contributed by atoms with E-state index in [0.29, 0.717) is 16.7 Å². The van der Waals surface area contributed by atoms with E-state index in [4.69, 9.17) is 0 Å². The van der Waals surface area contributed by atoms with Crippen LogP contribution >= 0.6 is 31.9 Å². The van der Waals surface area contributed by atoms with Gasteiger partial charge in [0.1, 0.15) is 4.60 Å². The predicted octanol–water partition coefficient (Wildman–Crippen LogP) is 3.54. The quantitative estimate of drug-likeness (QED) is 0.841. The van der Waals surface area contributed by atoms with E-state index in [1.807, 2.05) is 30.3 Å². The third kappa shape index (κ3) is 3.40. The highest BCUT2D eigenvalue weighted by Crippen LogP contribution is 2.20. The van der Waals surface area contributed by atoms with Gasteiger partial charge in [-0.15, -0.1) is 0 Å². The summed E-state index contributed by atoms with van der Waals surface area (Å²) in [5, 5.41) is 2.85. The van der Waals surface area contributed by atoms with E-state index in [1.54, 1.807) is 6.07 Å². The molecule has 1 heterocycles. The molecule has 1 aromatic heterocycles. The molecule has 0 bridgehead atoms. The third-order valence-electron chi connectivity index (χ3n) is 2.35. The molecule has 5 heteroatoms. The Balaban J connectivity index is 2.02. The lowest BCUT2D eigenvalue weighted by Gasteiger charge is -2.05. The molecule has 2 rings (SSSR count). The zero-order valence-corrected chi connectivity index (χ0v) is 12.5. The first-order chi connectivity index (χ1) is 8.66. The van der Waals surface area contributed by atoms with Gasteiger partial charge in [-0.05, 0) is 43.5 Å². The van der Waals surface area contributed by atoms with Gasteiger partial charge in [0.15, 0.2) is 0 Å². The first-order valence-corrected chi connectivity index (χ1v) is 6.88. The lowest BCUT2D eigenvalue weighted by atomic mass is 10.2. The summed E-state index contributed by atoms with van der Waals surface area (Å²) >= 11 is 6.59. The highest BCUT2D eigenvalue weighted by molar-refractivity contribution is 9.13. The van der Waals surface area contributed by atoms with E-state index in [9.17, 15) is 4.79 Å². The van der Waals surface area contributed by atoms with Crippen LogP contribution in [0, 0.1) is 0 Å². The van der Waals surface area contributed by atoms with Gasteiger partial charge in [-0.1, -0.05) is 30.3 Å². The SMILES string of the molecule is O=C(NCc1ccccc1)c1cnc(Br)c(Br)c1. The van der Waals surface area contributed by atoms with Crippen LogP contribution in [0.15, 0.2) is 51.7 Å². The Morgan fingerprint density at radius 3 is 2.61 bits per heavy atom. The van der Waals surface area contributed by atoms with Crippen LogP contribution in [0.5, 0.6) is 0 Å². The zero-order valence-electron chi connectivity index (χ0n) is 9.36. The highest BCUT2D eigenvalue weighted by atomic mass is 79.9. The fourth-order valence-electron chi connectivity index (χ4n) is 1.43. The van der Waals surface area contributed by atoms with Crippen molar-refractivity contribution in [2.45, 2.75) is 6.54 Å². The topological polar surface area (TPSA) is 42.0 Å². The molecule has 3 nitrogen and oxygen atoms in total. The van der Waals surface area contributed by atoms with Crippen molar-refractivity contribution in [3.63, 3.8) is 0 Å². The Hall–Kier alpha value is -1.20. The summed E-state index contributed by atoms with van der Waals surface area (Å²) < 4.78 is 1.44. The minimum absolute atomic E-state index is 0.139. The van der Waals surface area contributed by atoms with E-state index in [1.165, 1.54) is 6.20 Å². The van der Waals surface area contributed by atoms with Gasteiger partial charge in [-0.3, -0.25) is 4.79 Å². The molecular weight excluding hydrogens is 360 g/mol. The fraction of sp³-hybridized carbons (Fsp3) is 0.0769. The van der Waals surface area contributed by atoms with Crippen molar-refractivity contribution in [2.75, 3.05) is 0 Å². The van der Waals surface area contributed by atoms with Crippen LogP contribution in [0.1, 0.15) is 15.9 Å². The van der Waals surface area contributed by atoms with Crippen LogP contribution in [-0.4, -0.2) is 10.9 Å². The molecule has 0 aliphatic heterocycles. The summed E-state index contributed by atoms with van der Waals surface area (Å²) in [7, 11) is 0. The van der Waals surface area contributed by atoms with Crippen molar-refractivity contribution in [3.8, 4) is 0 Å². The zero-order chi connectivity index (χ0) is 13.0. The second-order valence-corrected chi connectivity index (χ2v) is 5.27. The molecule has 0 unspecified atom stereocenters. The summed E-state index contributed by atoms with van der Waals surface area (Å²) in [6.07, 6.45) is 1.54. The number of rotatable bonds is 3. The number of amides is 1. The Kier molecular flexibility index (Phi) is 4.49. The van der Waals surface area contributed by atoms with Gasteiger partial charge in [-0.2, -0.15) is 0 Å². The number of nitrogens with one attached hydrogen (secondary N) is 1. The first-order valence-electron chi connectivity index (χ1n) is 5.30. The standard InChI is InChI=1S/C13H10Br2N2O/c14-11-6-10(8-16-12(11)15)13(18)17-7-9-4-2-1-3-5-9/h1-6,8H,7H2,(H,17,18). The summed E-state index contributed by atoms with van der Waals surface area (Å²) in [4.78, 5) is 16.0. The largest absolute Gasteiger partial charge is 0.348 e. The number of halogens is 2. The van der Waals surface area contributed by atoms with Crippen molar-refractivity contribution >= 4 is 37.8 Å². The van der Waals surface area contributed by atoms with E-state index >= 15 is 0 Å². The van der Waals surface area contributed by atoms with Crippen LogP contribution in [0.25, 0.3) is 0 Å². The van der Waals surface area contributed by atoms with Crippen molar-refractivity contribution in [1.29, 1.82) is 0 Å². The minimum atomic E-state index is -0.139. The molecule has 0 saturated carbocycles. The smallest absolute Gasteiger partial charge is 0.253 e. The summed E-state index contributed by atoms with van der Waals surface area (Å²) in [5.74, 6) is -0.139. The molecule has 18 heavy (non-hydrogen) atoms. The predicted molar refractivity (Wildman–Crippen MR) is 77.2 cm³/mol. The van der Waals surface area contributed by atoms with Gasteiger partial charge < -0.3 is 5.32 Å². The van der Waals surface area contributed by atoms with E-state index in [2.05, 4.69) is 42.2 Å². The first kappa shape index (κ1) is 13.2. The lowest BCUT2D eigenvalue weighted by Crippen LogP contribution is -2.22. The number of carbonyl (C=O) groups is 1. The van der Waals surface area contributed by atoms with Crippen LogP contribution in [0.4, 0.5) is 0 Å². The van der Waals surface area contributed by atoms with Gasteiger partial charge >= 0.3 is 0 Å². The number of hydrogen-bond acceptors (Lipinski definition) is 2. The molecule has 1 aromatic carbocycles. The Bertz CT molecular complexity index is 558. The average Bonchev–Trinajstić information content (AvgIpc) is 2.40. The second kappa shape index (κ2) is 6.11. The van der Waals surface area contributed by atoms with Crippen molar-refractivity contribution in [3.05, 3.63) is 62.8 Å². The van der Waals surface area contributed by atoms with Crippen molar-refractivity contribution in [1.82, 2.24) is 10.3 Å². The summed E-state index contributed by atoms with van der Waals surface area (Å²) in [6.45, 7) is 0.507. The van der Waals surface area contributed by atoms with Gasteiger partial charge in [0.25, 0.3) is 5.91 Å². The maximum atomic E-state index is 11.9. The fourth-order valence-corrected chi connectivity index (χ4v) is 1.99. The van der Waals surface area contributed by atoms with Crippen LogP contribution < -0.4 is 5.32 Å². The van der Waals surface area contributed by atoms with Gasteiger partial charge in [0.05, 0.1) is 10.0 Å². The van der Waals surface area contributed by atoms with Crippen molar-refractivity contribution < 1.29 is 4.79 Å².